The van der Waals surface area contributed by atoms with Gasteiger partial charge in [0.05, 0.1) is 30.3 Å². The molecule has 150 valence electrons. The average Bonchev–Trinajstić information content (AvgIpc) is 2.59. The summed E-state index contributed by atoms with van der Waals surface area (Å²) >= 11 is 0. The smallest absolute Gasteiger partial charge is 0.270 e. The molecule has 2 aromatic rings. The summed E-state index contributed by atoms with van der Waals surface area (Å²) in [5, 5.41) is 22.0. The number of rotatable bonds is 7. The van der Waals surface area contributed by atoms with Crippen LogP contribution in [0.25, 0.3) is 11.1 Å². The number of hydrogen-bond acceptors (Lipinski definition) is 6. The molecule has 0 saturated carbocycles. The molecule has 0 atom stereocenters. The fourth-order valence-corrected chi connectivity index (χ4v) is 3.70. The number of nitro benzene ring substituents is 1. The first kappa shape index (κ1) is 20.4. The van der Waals surface area contributed by atoms with Crippen LogP contribution in [0.4, 0.5) is 5.69 Å². The molecule has 0 unspecified atom stereocenters. The molecule has 1 fully saturated rings. The Hall–Kier alpha value is -2.29. The van der Waals surface area contributed by atoms with Gasteiger partial charge in [0.25, 0.3) is 5.69 Å². The van der Waals surface area contributed by atoms with Crippen LogP contribution in [0.1, 0.15) is 11.1 Å². The van der Waals surface area contributed by atoms with Gasteiger partial charge < -0.3 is 14.6 Å². The maximum Gasteiger partial charge on any atom is 0.270 e. The van der Waals surface area contributed by atoms with E-state index in [0.29, 0.717) is 29.2 Å². The Morgan fingerprint density at radius 2 is 2.04 bits per heavy atom. The number of non-ortho nitro benzene ring substituents is 1. The van der Waals surface area contributed by atoms with Crippen molar-refractivity contribution < 1.29 is 19.5 Å². The molecular formula is C20H26N2O5Si. The molecule has 1 N–H and O–H groups in total. The van der Waals surface area contributed by atoms with Gasteiger partial charge in [-0.05, 0) is 30.2 Å². The fourth-order valence-electron chi connectivity index (χ4n) is 2.99. The van der Waals surface area contributed by atoms with E-state index in [1.165, 1.54) is 12.1 Å². The first-order chi connectivity index (χ1) is 13.1. The number of hydrogen-bond donors (Lipinski definition) is 1. The number of aryl methyl sites for hydroxylation is 1. The van der Waals surface area contributed by atoms with Crippen LogP contribution in [0.15, 0.2) is 30.5 Å². The third-order valence-corrected chi connectivity index (χ3v) is 6.57. The van der Waals surface area contributed by atoms with E-state index in [4.69, 9.17) is 9.47 Å². The van der Waals surface area contributed by atoms with Crippen molar-refractivity contribution in [3.63, 3.8) is 0 Å². The van der Waals surface area contributed by atoms with E-state index in [1.807, 2.05) is 13.0 Å². The first-order valence-electron chi connectivity index (χ1n) is 9.28. The van der Waals surface area contributed by atoms with E-state index in [2.05, 4.69) is 24.6 Å². The first-order valence-corrected chi connectivity index (χ1v) is 13.0. The van der Waals surface area contributed by atoms with E-state index in [1.54, 1.807) is 12.3 Å². The van der Waals surface area contributed by atoms with Gasteiger partial charge in [0.2, 0.25) is 5.88 Å². The summed E-state index contributed by atoms with van der Waals surface area (Å²) in [4.78, 5) is 15.2. The molecule has 7 nitrogen and oxygen atoms in total. The summed E-state index contributed by atoms with van der Waals surface area (Å²) in [7, 11) is -1.26. The lowest BCUT2D eigenvalue weighted by Gasteiger charge is -2.37. The summed E-state index contributed by atoms with van der Waals surface area (Å²) in [5.74, 6) is 0.399. The molecule has 3 rings (SSSR count). The van der Waals surface area contributed by atoms with Crippen LogP contribution < -0.4 is 4.74 Å². The van der Waals surface area contributed by atoms with Gasteiger partial charge in [-0.2, -0.15) is 0 Å². The number of benzene rings is 1. The van der Waals surface area contributed by atoms with Gasteiger partial charge in [-0.1, -0.05) is 25.7 Å². The van der Waals surface area contributed by atoms with Gasteiger partial charge >= 0.3 is 0 Å². The van der Waals surface area contributed by atoms with E-state index in [9.17, 15) is 15.2 Å². The van der Waals surface area contributed by atoms with Gasteiger partial charge in [0.15, 0.2) is 0 Å². The molecule has 28 heavy (non-hydrogen) atoms. The minimum absolute atomic E-state index is 0.0169. The van der Waals surface area contributed by atoms with E-state index in [0.717, 1.165) is 11.6 Å². The number of aromatic nitrogens is 1. The molecule has 0 amide bonds. The van der Waals surface area contributed by atoms with Gasteiger partial charge in [0, 0.05) is 32.0 Å². The fraction of sp³-hybridized carbons (Fsp3) is 0.450. The predicted molar refractivity (Wildman–Crippen MR) is 109 cm³/mol. The topological polar surface area (TPSA) is 94.7 Å². The lowest BCUT2D eigenvalue weighted by Crippen LogP contribution is -2.47. The van der Waals surface area contributed by atoms with Crippen LogP contribution in [0, 0.1) is 17.0 Å². The third kappa shape index (κ3) is 4.40. The normalized spacial score (nSPS) is 15.8. The summed E-state index contributed by atoms with van der Waals surface area (Å²) < 4.78 is 11.1. The van der Waals surface area contributed by atoms with E-state index < -0.39 is 18.6 Å². The second kappa shape index (κ2) is 7.61. The molecule has 1 aliphatic heterocycles. The van der Waals surface area contributed by atoms with Crippen LogP contribution in [0.3, 0.4) is 0 Å². The van der Waals surface area contributed by atoms with E-state index in [-0.39, 0.29) is 18.9 Å². The summed E-state index contributed by atoms with van der Waals surface area (Å²) in [6.45, 7) is 9.59. The molecule has 0 aliphatic carbocycles. The van der Waals surface area contributed by atoms with Crippen LogP contribution in [0.2, 0.25) is 25.7 Å². The van der Waals surface area contributed by atoms with Gasteiger partial charge in [0.1, 0.15) is 5.60 Å². The zero-order chi connectivity index (χ0) is 20.5. The van der Waals surface area contributed by atoms with Crippen molar-refractivity contribution in [2.45, 2.75) is 38.2 Å². The molecular weight excluding hydrogens is 376 g/mol. The van der Waals surface area contributed by atoms with Crippen molar-refractivity contribution in [2.24, 2.45) is 0 Å². The van der Waals surface area contributed by atoms with Gasteiger partial charge in [-0.3, -0.25) is 10.1 Å². The molecule has 2 heterocycles. The van der Waals surface area contributed by atoms with Crippen LogP contribution >= 0.6 is 0 Å². The quantitative estimate of drug-likeness (QED) is 0.429. The monoisotopic (exact) mass is 402 g/mol. The summed E-state index contributed by atoms with van der Waals surface area (Å²) in [5.41, 5.74) is 1.74. The largest absolute Gasteiger partial charge is 0.478 e. The molecule has 0 bridgehead atoms. The van der Waals surface area contributed by atoms with Crippen molar-refractivity contribution in [3.8, 4) is 17.0 Å². The number of aliphatic hydroxyl groups is 1. The summed E-state index contributed by atoms with van der Waals surface area (Å²) in [6.07, 6.45) is 1.64. The van der Waals surface area contributed by atoms with Gasteiger partial charge in [-0.15, -0.1) is 0 Å². The Morgan fingerprint density at radius 1 is 1.32 bits per heavy atom. The average molecular weight is 403 g/mol. The van der Waals surface area contributed by atoms with Crippen LogP contribution in [-0.4, -0.2) is 42.9 Å². The van der Waals surface area contributed by atoms with E-state index >= 15 is 0 Å². The molecule has 1 aromatic heterocycles. The molecule has 1 aromatic carbocycles. The Bertz CT molecular complexity index is 891. The van der Waals surface area contributed by atoms with Crippen molar-refractivity contribution in [3.05, 3.63) is 51.7 Å². The molecule has 0 spiro atoms. The lowest BCUT2D eigenvalue weighted by molar-refractivity contribution is -0.384. The Labute approximate surface area is 165 Å². The molecule has 1 aliphatic rings. The molecule has 0 radical (unpaired) electrons. The standard InChI is InChI=1S/C20H26N2O5Si/c1-14-5-6-16(22(24)25)10-17(14)15-9-18(20(23)12-26-13-20)19(21-11-15)27-7-8-28(2,3)4/h5-6,9-11,23H,7-8,12-13H2,1-4H3. The van der Waals surface area contributed by atoms with Crippen LogP contribution in [-0.2, 0) is 10.3 Å². The third-order valence-electron chi connectivity index (χ3n) is 4.87. The highest BCUT2D eigenvalue weighted by Crippen LogP contribution is 2.38. The second-order valence-corrected chi connectivity index (χ2v) is 14.1. The number of nitro groups is 1. The zero-order valence-corrected chi connectivity index (χ0v) is 17.7. The van der Waals surface area contributed by atoms with Crippen molar-refractivity contribution in [2.75, 3.05) is 19.8 Å². The zero-order valence-electron chi connectivity index (χ0n) is 16.7. The Kier molecular flexibility index (Phi) is 5.56. The number of ether oxygens (including phenoxy) is 2. The van der Waals surface area contributed by atoms with Gasteiger partial charge in [-0.25, -0.2) is 4.98 Å². The van der Waals surface area contributed by atoms with Crippen molar-refractivity contribution in [1.82, 2.24) is 4.98 Å². The Morgan fingerprint density at radius 3 is 2.61 bits per heavy atom. The van der Waals surface area contributed by atoms with Crippen molar-refractivity contribution in [1.29, 1.82) is 0 Å². The minimum atomic E-state index is -1.26. The predicted octanol–water partition coefficient (Wildman–Crippen LogP) is 3.90. The maximum atomic E-state index is 11.1. The van der Waals surface area contributed by atoms with Crippen LogP contribution in [0.5, 0.6) is 5.88 Å². The highest BCUT2D eigenvalue weighted by molar-refractivity contribution is 6.76. The lowest BCUT2D eigenvalue weighted by atomic mass is 9.90. The molecule has 8 heteroatoms. The highest BCUT2D eigenvalue weighted by atomic mass is 28.3. The SMILES string of the molecule is Cc1ccc([N+](=O)[O-])cc1-c1cnc(OCC[Si](C)(C)C)c(C2(O)COC2)c1. The van der Waals surface area contributed by atoms with Crippen molar-refractivity contribution >= 4 is 13.8 Å². The Balaban J connectivity index is 1.98. The second-order valence-electron chi connectivity index (χ2n) is 8.52. The number of pyridine rings is 1. The minimum Gasteiger partial charge on any atom is -0.478 e. The maximum absolute atomic E-state index is 11.1. The summed E-state index contributed by atoms with van der Waals surface area (Å²) in [6, 6.07) is 7.52. The highest BCUT2D eigenvalue weighted by Gasteiger charge is 2.41. The molecule has 1 saturated heterocycles. The number of nitrogens with zero attached hydrogens (tertiary/aromatic N) is 2.